The van der Waals surface area contributed by atoms with Gasteiger partial charge in [0.05, 0.1) is 18.4 Å². The van der Waals surface area contributed by atoms with Crippen molar-refractivity contribution in [2.75, 3.05) is 6.54 Å². The Hall–Kier alpha value is -1.23. The number of allylic oxidation sites excluding steroid dienone is 1. The van der Waals surface area contributed by atoms with Gasteiger partial charge in [0.1, 0.15) is 11.6 Å². The lowest BCUT2D eigenvalue weighted by Crippen LogP contribution is -2.27. The first-order chi connectivity index (χ1) is 6.93. The summed E-state index contributed by atoms with van der Waals surface area (Å²) in [5.41, 5.74) is 10.7. The molecule has 0 amide bonds. The molecule has 0 aromatic rings. The van der Waals surface area contributed by atoms with Crippen molar-refractivity contribution in [3.8, 4) is 0 Å². The van der Waals surface area contributed by atoms with Crippen LogP contribution in [0.4, 0.5) is 4.39 Å². The van der Waals surface area contributed by atoms with E-state index in [1.54, 1.807) is 6.92 Å². The van der Waals surface area contributed by atoms with Gasteiger partial charge in [-0.2, -0.15) is 0 Å². The van der Waals surface area contributed by atoms with Crippen LogP contribution in [0.1, 0.15) is 26.7 Å². The average Bonchev–Trinajstić information content (AvgIpc) is 2.14. The van der Waals surface area contributed by atoms with Crippen molar-refractivity contribution in [3.05, 3.63) is 11.9 Å². The van der Waals surface area contributed by atoms with E-state index in [1.807, 2.05) is 0 Å². The second kappa shape index (κ2) is 7.11. The highest BCUT2D eigenvalue weighted by Crippen LogP contribution is 2.03. The first-order valence-corrected chi connectivity index (χ1v) is 4.80. The quantitative estimate of drug-likeness (QED) is 0.510. The zero-order chi connectivity index (χ0) is 11.8. The third-order valence-electron chi connectivity index (χ3n) is 1.85. The standard InChI is InChI=1S/C10H18FN3O/c1-7(15)10(13)5-3-4-9(11)6-14-8(2)12/h4,10H,3,5-6,13H2,1-2H3,(H2,12,14)/b9-4+/t10-/m0/s1. The van der Waals surface area contributed by atoms with E-state index in [4.69, 9.17) is 11.5 Å². The molecule has 0 rings (SSSR count). The number of rotatable bonds is 6. The number of nitrogens with two attached hydrogens (primary N) is 2. The molecule has 0 bridgehead atoms. The summed E-state index contributed by atoms with van der Waals surface area (Å²) >= 11 is 0. The molecule has 0 aliphatic carbocycles. The highest BCUT2D eigenvalue weighted by atomic mass is 19.1. The Labute approximate surface area is 89.2 Å². The zero-order valence-corrected chi connectivity index (χ0v) is 9.16. The molecule has 0 spiro atoms. The maximum absolute atomic E-state index is 13.0. The van der Waals surface area contributed by atoms with Gasteiger partial charge in [0.25, 0.3) is 0 Å². The number of hydrogen-bond acceptors (Lipinski definition) is 3. The minimum absolute atomic E-state index is 0.0440. The van der Waals surface area contributed by atoms with Gasteiger partial charge in [0.15, 0.2) is 0 Å². The molecule has 0 aliphatic rings. The summed E-state index contributed by atoms with van der Waals surface area (Å²) in [6.45, 7) is 2.98. The lowest BCUT2D eigenvalue weighted by Gasteiger charge is -2.04. The summed E-state index contributed by atoms with van der Waals surface area (Å²) in [6, 6.07) is -0.506. The molecular formula is C10H18FN3O. The Morgan fingerprint density at radius 1 is 1.53 bits per heavy atom. The first-order valence-electron chi connectivity index (χ1n) is 4.80. The summed E-state index contributed by atoms with van der Waals surface area (Å²) in [6.07, 6.45) is 2.27. The van der Waals surface area contributed by atoms with Gasteiger partial charge >= 0.3 is 0 Å². The minimum atomic E-state index is -0.506. The number of ketones is 1. The first kappa shape index (κ1) is 13.8. The van der Waals surface area contributed by atoms with Crippen molar-refractivity contribution < 1.29 is 9.18 Å². The third-order valence-corrected chi connectivity index (χ3v) is 1.85. The zero-order valence-electron chi connectivity index (χ0n) is 9.16. The number of carbonyl (C=O) groups is 1. The second-order valence-electron chi connectivity index (χ2n) is 3.40. The van der Waals surface area contributed by atoms with Crippen LogP contribution in [0.25, 0.3) is 0 Å². The molecule has 5 heteroatoms. The predicted molar refractivity (Wildman–Crippen MR) is 59.2 cm³/mol. The van der Waals surface area contributed by atoms with Gasteiger partial charge < -0.3 is 11.5 Å². The smallest absolute Gasteiger partial charge is 0.146 e. The molecule has 15 heavy (non-hydrogen) atoms. The Bertz CT molecular complexity index is 270. The van der Waals surface area contributed by atoms with Crippen LogP contribution in [-0.4, -0.2) is 24.2 Å². The fourth-order valence-corrected chi connectivity index (χ4v) is 0.888. The van der Waals surface area contributed by atoms with Gasteiger partial charge in [-0.05, 0) is 26.7 Å². The Kier molecular flexibility index (Phi) is 6.53. The van der Waals surface area contributed by atoms with Crippen LogP contribution >= 0.6 is 0 Å². The molecular weight excluding hydrogens is 197 g/mol. The van der Waals surface area contributed by atoms with E-state index in [9.17, 15) is 9.18 Å². The monoisotopic (exact) mass is 215 g/mol. The number of carbonyl (C=O) groups excluding carboxylic acids is 1. The fourth-order valence-electron chi connectivity index (χ4n) is 0.888. The number of aliphatic imine (C=N–C) groups is 1. The maximum Gasteiger partial charge on any atom is 0.146 e. The summed E-state index contributed by atoms with van der Waals surface area (Å²) in [5, 5.41) is 0. The summed E-state index contributed by atoms with van der Waals surface area (Å²) < 4.78 is 13.0. The topological polar surface area (TPSA) is 81.5 Å². The normalized spacial score (nSPS) is 15.2. The molecule has 0 aromatic heterocycles. The molecule has 1 atom stereocenters. The summed E-state index contributed by atoms with van der Waals surface area (Å²) in [5.74, 6) is -0.0887. The molecule has 4 nitrogen and oxygen atoms in total. The van der Waals surface area contributed by atoms with Crippen molar-refractivity contribution in [2.45, 2.75) is 32.7 Å². The fraction of sp³-hybridized carbons (Fsp3) is 0.600. The van der Waals surface area contributed by atoms with Crippen LogP contribution in [0, 0.1) is 0 Å². The van der Waals surface area contributed by atoms with Crippen LogP contribution < -0.4 is 11.5 Å². The lowest BCUT2D eigenvalue weighted by atomic mass is 10.1. The van der Waals surface area contributed by atoms with Gasteiger partial charge in [-0.1, -0.05) is 6.08 Å². The highest BCUT2D eigenvalue weighted by Gasteiger charge is 2.06. The van der Waals surface area contributed by atoms with Gasteiger partial charge in [-0.15, -0.1) is 0 Å². The number of halogens is 1. The lowest BCUT2D eigenvalue weighted by molar-refractivity contribution is -0.118. The minimum Gasteiger partial charge on any atom is -0.388 e. The largest absolute Gasteiger partial charge is 0.388 e. The Morgan fingerprint density at radius 3 is 2.60 bits per heavy atom. The second-order valence-corrected chi connectivity index (χ2v) is 3.40. The van der Waals surface area contributed by atoms with Gasteiger partial charge in [-0.3, -0.25) is 9.79 Å². The average molecular weight is 215 g/mol. The van der Waals surface area contributed by atoms with E-state index in [0.717, 1.165) is 0 Å². The van der Waals surface area contributed by atoms with E-state index >= 15 is 0 Å². The van der Waals surface area contributed by atoms with Gasteiger partial charge in [0, 0.05) is 0 Å². The van der Waals surface area contributed by atoms with Crippen LogP contribution in [-0.2, 0) is 4.79 Å². The van der Waals surface area contributed by atoms with Crippen molar-refractivity contribution in [1.82, 2.24) is 0 Å². The SMILES string of the molecule is CC(=O)[C@@H](N)CC/C=C(/F)CN=C(C)N. The Morgan fingerprint density at radius 2 is 2.13 bits per heavy atom. The molecule has 0 aromatic carbocycles. The maximum atomic E-state index is 13.0. The van der Waals surface area contributed by atoms with Crippen molar-refractivity contribution in [3.63, 3.8) is 0 Å². The van der Waals surface area contributed by atoms with Gasteiger partial charge in [0.2, 0.25) is 0 Å². The number of amidine groups is 1. The number of nitrogens with zero attached hydrogens (tertiary/aromatic N) is 1. The molecule has 0 saturated heterocycles. The van der Waals surface area contributed by atoms with E-state index in [1.165, 1.54) is 13.0 Å². The van der Waals surface area contributed by atoms with Crippen LogP contribution in [0.2, 0.25) is 0 Å². The van der Waals surface area contributed by atoms with E-state index in [-0.39, 0.29) is 18.2 Å². The molecule has 0 fully saturated rings. The van der Waals surface area contributed by atoms with E-state index in [2.05, 4.69) is 4.99 Å². The number of Topliss-reactive ketones (excluding diaryl/α,β-unsaturated/α-hetero) is 1. The van der Waals surface area contributed by atoms with Crippen LogP contribution in [0.15, 0.2) is 16.9 Å². The third kappa shape index (κ3) is 7.81. The molecule has 86 valence electrons. The van der Waals surface area contributed by atoms with E-state index in [0.29, 0.717) is 18.7 Å². The van der Waals surface area contributed by atoms with Crippen molar-refractivity contribution in [1.29, 1.82) is 0 Å². The highest BCUT2D eigenvalue weighted by molar-refractivity contribution is 5.81. The molecule has 0 heterocycles. The van der Waals surface area contributed by atoms with Crippen molar-refractivity contribution in [2.24, 2.45) is 16.5 Å². The van der Waals surface area contributed by atoms with Crippen LogP contribution in [0.3, 0.4) is 0 Å². The molecule has 0 aliphatic heterocycles. The van der Waals surface area contributed by atoms with Crippen LogP contribution in [0.5, 0.6) is 0 Å². The molecule has 0 radical (unpaired) electrons. The predicted octanol–water partition coefficient (Wildman–Crippen LogP) is 0.913. The summed E-state index contributed by atoms with van der Waals surface area (Å²) in [7, 11) is 0. The molecule has 0 unspecified atom stereocenters. The molecule has 0 saturated carbocycles. The Balaban J connectivity index is 3.86. The number of hydrogen-bond donors (Lipinski definition) is 2. The van der Waals surface area contributed by atoms with Gasteiger partial charge in [-0.25, -0.2) is 4.39 Å². The summed E-state index contributed by atoms with van der Waals surface area (Å²) in [4.78, 5) is 14.5. The van der Waals surface area contributed by atoms with E-state index < -0.39 is 6.04 Å². The van der Waals surface area contributed by atoms with Crippen molar-refractivity contribution >= 4 is 11.6 Å². The molecule has 4 N–H and O–H groups in total.